The highest BCUT2D eigenvalue weighted by Crippen LogP contribution is 2.14. The summed E-state index contributed by atoms with van der Waals surface area (Å²) in [5.41, 5.74) is 2.27. The van der Waals surface area contributed by atoms with Crippen molar-refractivity contribution in [3.8, 4) is 0 Å². The Kier molecular flexibility index (Phi) is 3.77. The Hall–Kier alpha value is -2.10. The van der Waals surface area contributed by atoms with Gasteiger partial charge in [0.25, 0.3) is 0 Å². The zero-order valence-electron chi connectivity index (χ0n) is 11.0. The maximum absolute atomic E-state index is 4.64. The Morgan fingerprint density at radius 1 is 1.28 bits per heavy atom. The number of aromatic nitrogens is 2. The first-order valence-corrected chi connectivity index (χ1v) is 6.04. The second-order valence-corrected chi connectivity index (χ2v) is 4.30. The molecule has 0 bridgehead atoms. The number of rotatable bonds is 2. The van der Waals surface area contributed by atoms with Crippen LogP contribution in [0.3, 0.4) is 0 Å². The van der Waals surface area contributed by atoms with E-state index in [0.29, 0.717) is 0 Å². The molecule has 0 aliphatic rings. The van der Waals surface area contributed by atoms with Crippen molar-refractivity contribution in [1.82, 2.24) is 14.5 Å². The second-order valence-electron chi connectivity index (χ2n) is 4.30. The van der Waals surface area contributed by atoms with Gasteiger partial charge in [0.05, 0.1) is 5.69 Å². The van der Waals surface area contributed by atoms with E-state index < -0.39 is 0 Å². The molecule has 0 spiro atoms. The topological polar surface area (TPSA) is 33.4 Å². The molecule has 1 heterocycles. The summed E-state index contributed by atoms with van der Waals surface area (Å²) in [5.74, 6) is 0.844. The zero-order chi connectivity index (χ0) is 13.0. The van der Waals surface area contributed by atoms with Crippen LogP contribution in [-0.2, 0) is 6.42 Å². The predicted octanol–water partition coefficient (Wildman–Crippen LogP) is 2.54. The van der Waals surface area contributed by atoms with E-state index in [4.69, 9.17) is 0 Å². The summed E-state index contributed by atoms with van der Waals surface area (Å²) in [7, 11) is 3.94. The number of benzene rings is 1. The molecule has 0 aliphatic heterocycles. The van der Waals surface area contributed by atoms with E-state index in [-0.39, 0.29) is 0 Å². The molecule has 4 nitrogen and oxygen atoms in total. The number of hydrogen-bond acceptors (Lipinski definition) is 2. The largest absolute Gasteiger partial charge is 0.348 e. The summed E-state index contributed by atoms with van der Waals surface area (Å²) in [5, 5.41) is 0. The van der Waals surface area contributed by atoms with Gasteiger partial charge in [-0.05, 0) is 24.1 Å². The lowest BCUT2D eigenvalue weighted by Gasteiger charge is -2.16. The molecule has 0 unspecified atom stereocenters. The summed E-state index contributed by atoms with van der Waals surface area (Å²) in [6.07, 6.45) is 6.43. The molecule has 94 valence electrons. The highest BCUT2D eigenvalue weighted by molar-refractivity contribution is 5.84. The maximum Gasteiger partial charge on any atom is 0.210 e. The summed E-state index contributed by atoms with van der Waals surface area (Å²) in [6, 6.07) is 8.30. The highest BCUT2D eigenvalue weighted by atomic mass is 15.3. The number of hydrogen-bond donors (Lipinski definition) is 0. The van der Waals surface area contributed by atoms with Crippen LogP contribution in [0.25, 0.3) is 0 Å². The van der Waals surface area contributed by atoms with Gasteiger partial charge in [-0.25, -0.2) is 9.98 Å². The average Bonchev–Trinajstić information content (AvgIpc) is 2.90. The summed E-state index contributed by atoms with van der Waals surface area (Å²) >= 11 is 0. The van der Waals surface area contributed by atoms with Gasteiger partial charge in [0.2, 0.25) is 5.96 Å². The van der Waals surface area contributed by atoms with Crippen LogP contribution in [0, 0.1) is 0 Å². The van der Waals surface area contributed by atoms with Gasteiger partial charge in [-0.2, -0.15) is 0 Å². The third kappa shape index (κ3) is 2.77. The Labute approximate surface area is 108 Å². The molecule has 2 rings (SSSR count). The minimum atomic E-state index is 0.844. The fourth-order valence-corrected chi connectivity index (χ4v) is 1.69. The number of aliphatic imine (C=N–C) groups is 1. The van der Waals surface area contributed by atoms with E-state index in [2.05, 4.69) is 29.0 Å². The van der Waals surface area contributed by atoms with Crippen molar-refractivity contribution in [1.29, 1.82) is 0 Å². The number of aryl methyl sites for hydroxylation is 1. The van der Waals surface area contributed by atoms with Crippen LogP contribution in [0.1, 0.15) is 12.5 Å². The number of imidazole rings is 1. The standard InChI is InChI=1S/C14H18N4/c1-4-12-5-7-13(8-6-12)16-14(17(2)3)18-10-9-15-11-18/h5-11H,4H2,1-3H3. The summed E-state index contributed by atoms with van der Waals surface area (Å²) < 4.78 is 1.90. The normalized spacial score (nSPS) is 11.6. The van der Waals surface area contributed by atoms with Gasteiger partial charge < -0.3 is 4.90 Å². The van der Waals surface area contributed by atoms with Crippen LogP contribution < -0.4 is 0 Å². The molecular weight excluding hydrogens is 224 g/mol. The van der Waals surface area contributed by atoms with Gasteiger partial charge in [0.15, 0.2) is 0 Å². The quantitative estimate of drug-likeness (QED) is 0.599. The van der Waals surface area contributed by atoms with E-state index in [1.807, 2.05) is 41.9 Å². The van der Waals surface area contributed by atoms with Crippen LogP contribution in [0.5, 0.6) is 0 Å². The molecule has 1 aromatic heterocycles. The first-order chi connectivity index (χ1) is 8.70. The minimum Gasteiger partial charge on any atom is -0.348 e. The summed E-state index contributed by atoms with van der Waals surface area (Å²) in [4.78, 5) is 10.7. The first kappa shape index (κ1) is 12.4. The fraction of sp³-hybridized carbons (Fsp3) is 0.286. The molecular formula is C14H18N4. The van der Waals surface area contributed by atoms with Crippen LogP contribution in [-0.4, -0.2) is 34.5 Å². The van der Waals surface area contributed by atoms with E-state index in [9.17, 15) is 0 Å². The Morgan fingerprint density at radius 3 is 2.50 bits per heavy atom. The molecule has 0 saturated carbocycles. The van der Waals surface area contributed by atoms with Crippen molar-refractivity contribution < 1.29 is 0 Å². The lowest BCUT2D eigenvalue weighted by atomic mass is 10.2. The molecule has 0 amide bonds. The molecule has 0 radical (unpaired) electrons. The van der Waals surface area contributed by atoms with Crippen LogP contribution in [0.2, 0.25) is 0 Å². The molecule has 0 fully saturated rings. The van der Waals surface area contributed by atoms with Crippen molar-refractivity contribution in [2.45, 2.75) is 13.3 Å². The SMILES string of the molecule is CCc1ccc(N=C(N(C)C)n2ccnc2)cc1. The van der Waals surface area contributed by atoms with Crippen LogP contribution in [0.15, 0.2) is 48.0 Å². The zero-order valence-corrected chi connectivity index (χ0v) is 11.0. The Morgan fingerprint density at radius 2 is 2.00 bits per heavy atom. The molecule has 4 heteroatoms. The average molecular weight is 242 g/mol. The fourth-order valence-electron chi connectivity index (χ4n) is 1.69. The molecule has 0 N–H and O–H groups in total. The smallest absolute Gasteiger partial charge is 0.210 e. The molecule has 1 aromatic carbocycles. The van der Waals surface area contributed by atoms with Gasteiger partial charge in [-0.1, -0.05) is 19.1 Å². The van der Waals surface area contributed by atoms with Gasteiger partial charge >= 0.3 is 0 Å². The third-order valence-corrected chi connectivity index (χ3v) is 2.71. The van der Waals surface area contributed by atoms with Gasteiger partial charge in [0.1, 0.15) is 6.33 Å². The minimum absolute atomic E-state index is 0.844. The van der Waals surface area contributed by atoms with Gasteiger partial charge in [-0.15, -0.1) is 0 Å². The van der Waals surface area contributed by atoms with Crippen molar-refractivity contribution in [2.24, 2.45) is 4.99 Å². The van der Waals surface area contributed by atoms with E-state index >= 15 is 0 Å². The monoisotopic (exact) mass is 242 g/mol. The second kappa shape index (κ2) is 5.49. The van der Waals surface area contributed by atoms with Crippen molar-refractivity contribution in [2.75, 3.05) is 14.1 Å². The molecule has 18 heavy (non-hydrogen) atoms. The highest BCUT2D eigenvalue weighted by Gasteiger charge is 2.04. The van der Waals surface area contributed by atoms with E-state index in [1.54, 1.807) is 12.5 Å². The maximum atomic E-state index is 4.64. The van der Waals surface area contributed by atoms with Crippen molar-refractivity contribution in [3.05, 3.63) is 48.5 Å². The lowest BCUT2D eigenvalue weighted by molar-refractivity contribution is 0.595. The molecule has 2 aromatic rings. The van der Waals surface area contributed by atoms with Crippen molar-refractivity contribution in [3.63, 3.8) is 0 Å². The third-order valence-electron chi connectivity index (χ3n) is 2.71. The molecule has 0 aliphatic carbocycles. The van der Waals surface area contributed by atoms with Gasteiger partial charge in [0, 0.05) is 26.5 Å². The van der Waals surface area contributed by atoms with Crippen molar-refractivity contribution >= 4 is 11.6 Å². The van der Waals surface area contributed by atoms with E-state index in [0.717, 1.165) is 18.1 Å². The van der Waals surface area contributed by atoms with E-state index in [1.165, 1.54) is 5.56 Å². The molecule has 0 saturated heterocycles. The van der Waals surface area contributed by atoms with Crippen LogP contribution >= 0.6 is 0 Å². The summed E-state index contributed by atoms with van der Waals surface area (Å²) in [6.45, 7) is 2.15. The predicted molar refractivity (Wildman–Crippen MR) is 74.2 cm³/mol. The molecule has 0 atom stereocenters. The first-order valence-electron chi connectivity index (χ1n) is 6.04. The number of nitrogens with zero attached hydrogens (tertiary/aromatic N) is 4. The van der Waals surface area contributed by atoms with Crippen LogP contribution in [0.4, 0.5) is 5.69 Å². The van der Waals surface area contributed by atoms with Gasteiger partial charge in [-0.3, -0.25) is 4.57 Å². The Bertz CT molecular complexity index is 509. The lowest BCUT2D eigenvalue weighted by Crippen LogP contribution is -2.28. The Balaban J connectivity index is 2.32.